The lowest BCUT2D eigenvalue weighted by molar-refractivity contribution is -0.126. The van der Waals surface area contributed by atoms with Crippen molar-refractivity contribution < 1.29 is 14.0 Å². The number of hydrogen-bond acceptors (Lipinski definition) is 3. The van der Waals surface area contributed by atoms with E-state index < -0.39 is 11.7 Å². The van der Waals surface area contributed by atoms with Crippen molar-refractivity contribution in [3.8, 4) is 0 Å². The molecule has 1 aromatic heterocycles. The Morgan fingerprint density at radius 2 is 2.28 bits per heavy atom. The number of hydrogen-bond donors (Lipinski definition) is 1. The number of rotatable bonds is 6. The molecule has 2 aromatic rings. The molecule has 0 spiro atoms. The van der Waals surface area contributed by atoms with Gasteiger partial charge in [0.1, 0.15) is 5.82 Å². The number of aromatic nitrogens is 2. The van der Waals surface area contributed by atoms with Crippen LogP contribution in [0, 0.1) is 18.7 Å². The fraction of sp³-hybridized carbons (Fsp3) is 0.389. The molecule has 1 aliphatic heterocycles. The maximum absolute atomic E-state index is 14.1. The average molecular weight is 344 g/mol. The quantitative estimate of drug-likeness (QED) is 0.814. The number of imidazole rings is 1. The van der Waals surface area contributed by atoms with Gasteiger partial charge in [0.05, 0.1) is 17.9 Å². The molecule has 2 amide bonds. The lowest BCUT2D eigenvalue weighted by Crippen LogP contribution is -2.34. The Kier molecular flexibility index (Phi) is 5.11. The third-order valence-corrected chi connectivity index (χ3v) is 4.34. The zero-order chi connectivity index (χ0) is 17.8. The molecule has 0 bridgehead atoms. The molecule has 1 unspecified atom stereocenters. The van der Waals surface area contributed by atoms with Crippen molar-refractivity contribution in [2.75, 3.05) is 18.0 Å². The minimum absolute atomic E-state index is 0.112. The normalized spacial score (nSPS) is 17.1. The van der Waals surface area contributed by atoms with Gasteiger partial charge in [0.15, 0.2) is 0 Å². The second-order valence-electron chi connectivity index (χ2n) is 6.31. The molecular weight excluding hydrogens is 323 g/mol. The van der Waals surface area contributed by atoms with Crippen LogP contribution in [-0.2, 0) is 16.1 Å². The second kappa shape index (κ2) is 7.46. The summed E-state index contributed by atoms with van der Waals surface area (Å²) in [6.45, 7) is 3.30. The van der Waals surface area contributed by atoms with Gasteiger partial charge in [-0.15, -0.1) is 0 Å². The lowest BCUT2D eigenvalue weighted by Gasteiger charge is -2.17. The van der Waals surface area contributed by atoms with Crippen LogP contribution in [-0.4, -0.2) is 34.5 Å². The Morgan fingerprint density at radius 3 is 3.00 bits per heavy atom. The predicted molar refractivity (Wildman–Crippen MR) is 91.5 cm³/mol. The van der Waals surface area contributed by atoms with Gasteiger partial charge >= 0.3 is 0 Å². The highest BCUT2D eigenvalue weighted by atomic mass is 19.1. The summed E-state index contributed by atoms with van der Waals surface area (Å²) in [6, 6.07) is 4.75. The van der Waals surface area contributed by atoms with Crippen LogP contribution in [0.25, 0.3) is 0 Å². The minimum atomic E-state index is -0.443. The van der Waals surface area contributed by atoms with Gasteiger partial charge in [-0.05, 0) is 31.0 Å². The summed E-state index contributed by atoms with van der Waals surface area (Å²) in [5.74, 6) is -1.26. The lowest BCUT2D eigenvalue weighted by atomic mass is 10.1. The second-order valence-corrected chi connectivity index (χ2v) is 6.31. The fourth-order valence-electron chi connectivity index (χ4n) is 2.98. The van der Waals surface area contributed by atoms with Crippen molar-refractivity contribution in [2.24, 2.45) is 5.92 Å². The predicted octanol–water partition coefficient (Wildman–Crippen LogP) is 1.89. The molecule has 1 saturated heterocycles. The van der Waals surface area contributed by atoms with Gasteiger partial charge < -0.3 is 14.8 Å². The van der Waals surface area contributed by atoms with Crippen LogP contribution in [0.1, 0.15) is 18.4 Å². The number of benzene rings is 1. The third-order valence-electron chi connectivity index (χ3n) is 4.34. The molecule has 3 rings (SSSR count). The van der Waals surface area contributed by atoms with E-state index in [0.29, 0.717) is 6.54 Å². The number of aryl methyl sites for hydroxylation is 2. The maximum Gasteiger partial charge on any atom is 0.227 e. The summed E-state index contributed by atoms with van der Waals surface area (Å²) >= 11 is 0. The first kappa shape index (κ1) is 17.1. The zero-order valence-electron chi connectivity index (χ0n) is 14.1. The number of carbonyl (C=O) groups is 2. The SMILES string of the molecule is Cc1ccc(N2CC(C(=O)NCCCn3ccnc3)CC2=O)c(F)c1. The number of amides is 2. The van der Waals surface area contributed by atoms with E-state index in [0.717, 1.165) is 18.5 Å². The van der Waals surface area contributed by atoms with Gasteiger partial charge in [-0.2, -0.15) is 0 Å². The van der Waals surface area contributed by atoms with Crippen LogP contribution >= 0.6 is 0 Å². The molecule has 1 atom stereocenters. The highest BCUT2D eigenvalue weighted by molar-refractivity contribution is 6.00. The van der Waals surface area contributed by atoms with E-state index >= 15 is 0 Å². The van der Waals surface area contributed by atoms with Crippen LogP contribution in [0.4, 0.5) is 10.1 Å². The van der Waals surface area contributed by atoms with Gasteiger partial charge in [0.25, 0.3) is 0 Å². The monoisotopic (exact) mass is 344 g/mol. The van der Waals surface area contributed by atoms with E-state index in [4.69, 9.17) is 0 Å². The van der Waals surface area contributed by atoms with Gasteiger partial charge in [0, 0.05) is 38.4 Å². The molecule has 1 fully saturated rings. The minimum Gasteiger partial charge on any atom is -0.356 e. The van der Waals surface area contributed by atoms with Crippen LogP contribution in [0.3, 0.4) is 0 Å². The first-order valence-electron chi connectivity index (χ1n) is 8.34. The molecule has 1 aromatic carbocycles. The summed E-state index contributed by atoms with van der Waals surface area (Å²) in [6.07, 6.45) is 6.19. The molecule has 0 saturated carbocycles. The standard InChI is InChI=1S/C18H21FN4O2/c1-13-3-4-16(15(19)9-13)23-11-14(10-17(23)24)18(25)21-5-2-7-22-8-6-20-12-22/h3-4,6,8-9,12,14H,2,5,7,10-11H2,1H3,(H,21,25). The summed E-state index contributed by atoms with van der Waals surface area (Å²) in [4.78, 5) is 29.8. The Morgan fingerprint density at radius 1 is 1.44 bits per heavy atom. The first-order chi connectivity index (χ1) is 12.0. The molecule has 0 aliphatic carbocycles. The molecular formula is C18H21FN4O2. The van der Waals surface area contributed by atoms with Crippen molar-refractivity contribution in [3.05, 3.63) is 48.3 Å². The van der Waals surface area contributed by atoms with Crippen LogP contribution in [0.5, 0.6) is 0 Å². The Hall–Kier alpha value is -2.70. The average Bonchev–Trinajstić information content (AvgIpc) is 3.21. The largest absolute Gasteiger partial charge is 0.356 e. The van der Waals surface area contributed by atoms with Gasteiger partial charge in [-0.3, -0.25) is 9.59 Å². The number of nitrogens with zero attached hydrogens (tertiary/aromatic N) is 3. The summed E-state index contributed by atoms with van der Waals surface area (Å²) in [5.41, 5.74) is 1.03. The molecule has 0 radical (unpaired) electrons. The zero-order valence-corrected chi connectivity index (χ0v) is 14.1. The summed E-state index contributed by atoms with van der Waals surface area (Å²) < 4.78 is 16.0. The Labute approximate surface area is 145 Å². The van der Waals surface area contributed by atoms with Gasteiger partial charge in [0.2, 0.25) is 11.8 Å². The molecule has 2 heterocycles. The van der Waals surface area contributed by atoms with Gasteiger partial charge in [-0.25, -0.2) is 9.37 Å². The summed E-state index contributed by atoms with van der Waals surface area (Å²) in [5, 5.41) is 2.86. The third kappa shape index (κ3) is 4.04. The first-order valence-corrected chi connectivity index (χ1v) is 8.34. The molecule has 7 heteroatoms. The van der Waals surface area contributed by atoms with E-state index in [1.54, 1.807) is 31.6 Å². The number of nitrogens with one attached hydrogen (secondary N) is 1. The Balaban J connectivity index is 1.52. The van der Waals surface area contributed by atoms with E-state index in [9.17, 15) is 14.0 Å². The van der Waals surface area contributed by atoms with E-state index in [-0.39, 0.29) is 30.5 Å². The van der Waals surface area contributed by atoms with Crippen molar-refractivity contribution in [3.63, 3.8) is 0 Å². The molecule has 132 valence electrons. The molecule has 1 N–H and O–H groups in total. The van der Waals surface area contributed by atoms with Crippen LogP contribution < -0.4 is 10.2 Å². The topological polar surface area (TPSA) is 67.2 Å². The molecule has 25 heavy (non-hydrogen) atoms. The number of anilines is 1. The maximum atomic E-state index is 14.1. The van der Waals surface area contributed by atoms with Crippen LogP contribution in [0.15, 0.2) is 36.9 Å². The Bertz CT molecular complexity index is 760. The molecule has 1 aliphatic rings. The van der Waals surface area contributed by atoms with Crippen molar-refractivity contribution >= 4 is 17.5 Å². The highest BCUT2D eigenvalue weighted by Gasteiger charge is 2.35. The van der Waals surface area contributed by atoms with Gasteiger partial charge in [-0.1, -0.05) is 6.07 Å². The fourth-order valence-corrected chi connectivity index (χ4v) is 2.98. The van der Waals surface area contributed by atoms with Crippen molar-refractivity contribution in [1.82, 2.24) is 14.9 Å². The van der Waals surface area contributed by atoms with E-state index in [1.165, 1.54) is 11.0 Å². The van der Waals surface area contributed by atoms with Crippen molar-refractivity contribution in [1.29, 1.82) is 0 Å². The smallest absolute Gasteiger partial charge is 0.227 e. The molecule has 6 nitrogen and oxygen atoms in total. The highest BCUT2D eigenvalue weighted by Crippen LogP contribution is 2.28. The van der Waals surface area contributed by atoms with E-state index in [1.807, 2.05) is 10.8 Å². The van der Waals surface area contributed by atoms with E-state index in [2.05, 4.69) is 10.3 Å². The number of carbonyl (C=O) groups excluding carboxylic acids is 2. The summed E-state index contributed by atoms with van der Waals surface area (Å²) in [7, 11) is 0. The van der Waals surface area contributed by atoms with Crippen molar-refractivity contribution in [2.45, 2.75) is 26.3 Å². The van der Waals surface area contributed by atoms with Crippen LogP contribution in [0.2, 0.25) is 0 Å². The number of halogens is 1.